The molecule has 0 aromatic carbocycles. The van der Waals surface area contributed by atoms with Gasteiger partial charge in [0.1, 0.15) is 12.0 Å². The summed E-state index contributed by atoms with van der Waals surface area (Å²) in [7, 11) is 0. The van der Waals surface area contributed by atoms with Crippen LogP contribution in [-0.4, -0.2) is 75.1 Å². The van der Waals surface area contributed by atoms with Gasteiger partial charge in [-0.3, -0.25) is 14.6 Å². The average Bonchev–Trinajstić information content (AvgIpc) is 3.28. The lowest BCUT2D eigenvalue weighted by Crippen LogP contribution is -2.55. The minimum atomic E-state index is -0.517. The van der Waals surface area contributed by atoms with E-state index in [0.717, 1.165) is 0 Å². The Labute approximate surface area is 156 Å². The molecule has 27 heavy (non-hydrogen) atoms. The zero-order valence-electron chi connectivity index (χ0n) is 15.1. The number of likely N-dealkylation sites (tertiary alicyclic amines) is 1. The Balaban J connectivity index is 1.40. The van der Waals surface area contributed by atoms with Gasteiger partial charge in [0.15, 0.2) is 5.82 Å². The minimum absolute atomic E-state index is 0.0584. The molecular formula is C18H21N5O4. The van der Waals surface area contributed by atoms with Crippen molar-refractivity contribution in [3.05, 3.63) is 41.8 Å². The van der Waals surface area contributed by atoms with Crippen molar-refractivity contribution in [2.24, 2.45) is 0 Å². The Morgan fingerprint density at radius 1 is 1.26 bits per heavy atom. The van der Waals surface area contributed by atoms with E-state index in [1.165, 1.54) is 0 Å². The molecule has 2 aliphatic rings. The van der Waals surface area contributed by atoms with Gasteiger partial charge in [0.25, 0.3) is 5.91 Å². The SMILES string of the molecule is Cc1noc(CC(=O)N2CCC3(C2)CN(C(=O)c2cccnc2)CCO3)n1. The molecule has 0 aliphatic carbocycles. The van der Waals surface area contributed by atoms with E-state index in [1.54, 1.807) is 41.2 Å². The summed E-state index contributed by atoms with van der Waals surface area (Å²) < 4.78 is 11.1. The lowest BCUT2D eigenvalue weighted by Gasteiger charge is -2.40. The molecule has 0 saturated carbocycles. The predicted octanol–water partition coefficient (Wildman–Crippen LogP) is 0.459. The van der Waals surface area contributed by atoms with Crippen LogP contribution in [0.1, 0.15) is 28.5 Å². The fourth-order valence-electron chi connectivity index (χ4n) is 3.65. The predicted molar refractivity (Wildman–Crippen MR) is 92.8 cm³/mol. The van der Waals surface area contributed by atoms with E-state index in [2.05, 4.69) is 15.1 Å². The van der Waals surface area contributed by atoms with E-state index in [4.69, 9.17) is 9.26 Å². The first-order valence-corrected chi connectivity index (χ1v) is 8.95. The summed E-state index contributed by atoms with van der Waals surface area (Å²) in [6.07, 6.45) is 3.98. The smallest absolute Gasteiger partial charge is 0.255 e. The van der Waals surface area contributed by atoms with Gasteiger partial charge >= 0.3 is 0 Å². The molecule has 4 heterocycles. The molecule has 2 amide bonds. The minimum Gasteiger partial charge on any atom is -0.369 e. The lowest BCUT2D eigenvalue weighted by atomic mass is 10.00. The third-order valence-corrected chi connectivity index (χ3v) is 4.99. The van der Waals surface area contributed by atoms with Crippen molar-refractivity contribution in [1.29, 1.82) is 0 Å². The summed E-state index contributed by atoms with van der Waals surface area (Å²) in [5, 5.41) is 3.71. The summed E-state index contributed by atoms with van der Waals surface area (Å²) in [5.41, 5.74) is 0.0449. The number of aryl methyl sites for hydroxylation is 1. The Bertz CT molecular complexity index is 839. The van der Waals surface area contributed by atoms with Crippen LogP contribution in [0, 0.1) is 6.92 Å². The molecule has 0 radical (unpaired) electrons. The van der Waals surface area contributed by atoms with Crippen molar-refractivity contribution in [2.75, 3.05) is 32.8 Å². The lowest BCUT2D eigenvalue weighted by molar-refractivity contribution is -0.133. The van der Waals surface area contributed by atoms with Gasteiger partial charge in [0, 0.05) is 25.5 Å². The number of ether oxygens (including phenoxy) is 1. The normalized spacial score (nSPS) is 22.4. The van der Waals surface area contributed by atoms with Gasteiger partial charge in [-0.15, -0.1) is 0 Å². The standard InChI is InChI=1S/C18H21N5O4/c1-13-20-15(27-21-13)9-16(24)22-6-4-18(11-22)12-23(7-8-26-18)17(25)14-3-2-5-19-10-14/h2-3,5,10H,4,6-9,11-12H2,1H3. The molecule has 2 aliphatic heterocycles. The Morgan fingerprint density at radius 2 is 2.11 bits per heavy atom. The quantitative estimate of drug-likeness (QED) is 0.772. The summed E-state index contributed by atoms with van der Waals surface area (Å²) >= 11 is 0. The van der Waals surface area contributed by atoms with E-state index in [1.807, 2.05) is 0 Å². The number of morpholine rings is 1. The number of amides is 2. The van der Waals surface area contributed by atoms with Crippen LogP contribution in [0.2, 0.25) is 0 Å². The molecule has 9 nitrogen and oxygen atoms in total. The van der Waals surface area contributed by atoms with E-state index < -0.39 is 5.60 Å². The van der Waals surface area contributed by atoms with Crippen LogP contribution in [0.25, 0.3) is 0 Å². The first kappa shape index (κ1) is 17.6. The monoisotopic (exact) mass is 371 g/mol. The van der Waals surface area contributed by atoms with E-state index in [9.17, 15) is 9.59 Å². The summed E-state index contributed by atoms with van der Waals surface area (Å²) in [6.45, 7) is 4.20. The fraction of sp³-hybridized carbons (Fsp3) is 0.500. The van der Waals surface area contributed by atoms with Crippen LogP contribution in [-0.2, 0) is 16.0 Å². The van der Waals surface area contributed by atoms with Crippen molar-refractivity contribution >= 4 is 11.8 Å². The van der Waals surface area contributed by atoms with Crippen molar-refractivity contribution < 1.29 is 18.8 Å². The number of hydrogen-bond donors (Lipinski definition) is 0. The topological polar surface area (TPSA) is 102 Å². The maximum Gasteiger partial charge on any atom is 0.255 e. The molecule has 0 bridgehead atoms. The molecule has 4 rings (SSSR count). The number of rotatable bonds is 3. The van der Waals surface area contributed by atoms with Gasteiger partial charge in [0.2, 0.25) is 11.8 Å². The van der Waals surface area contributed by atoms with Crippen molar-refractivity contribution in [2.45, 2.75) is 25.4 Å². The first-order valence-electron chi connectivity index (χ1n) is 8.95. The second kappa shape index (κ2) is 7.07. The van der Waals surface area contributed by atoms with Crippen LogP contribution < -0.4 is 0 Å². The highest BCUT2D eigenvalue weighted by atomic mass is 16.5. The summed E-state index contributed by atoms with van der Waals surface area (Å²) in [5.74, 6) is 0.693. The number of pyridine rings is 1. The highest BCUT2D eigenvalue weighted by molar-refractivity contribution is 5.94. The number of aromatic nitrogens is 3. The van der Waals surface area contributed by atoms with Crippen molar-refractivity contribution in [1.82, 2.24) is 24.9 Å². The molecule has 1 spiro atoms. The van der Waals surface area contributed by atoms with Gasteiger partial charge in [-0.25, -0.2) is 0 Å². The summed E-state index contributed by atoms with van der Waals surface area (Å²) in [6, 6.07) is 3.51. The highest BCUT2D eigenvalue weighted by Crippen LogP contribution is 2.30. The Hall–Kier alpha value is -2.81. The molecule has 2 saturated heterocycles. The van der Waals surface area contributed by atoms with Crippen LogP contribution in [0.4, 0.5) is 0 Å². The Kier molecular flexibility index (Phi) is 4.61. The van der Waals surface area contributed by atoms with E-state index in [0.29, 0.717) is 56.5 Å². The first-order chi connectivity index (χ1) is 13.0. The number of carbonyl (C=O) groups is 2. The maximum absolute atomic E-state index is 12.7. The molecule has 9 heteroatoms. The third kappa shape index (κ3) is 3.68. The van der Waals surface area contributed by atoms with E-state index in [-0.39, 0.29) is 18.2 Å². The van der Waals surface area contributed by atoms with Crippen LogP contribution in [0.15, 0.2) is 29.0 Å². The van der Waals surface area contributed by atoms with Gasteiger partial charge in [0.05, 0.1) is 25.3 Å². The zero-order chi connectivity index (χ0) is 18.9. The number of nitrogens with zero attached hydrogens (tertiary/aromatic N) is 5. The second-order valence-corrected chi connectivity index (χ2v) is 6.98. The second-order valence-electron chi connectivity index (χ2n) is 6.98. The maximum atomic E-state index is 12.7. The number of carbonyl (C=O) groups excluding carboxylic acids is 2. The van der Waals surface area contributed by atoms with Crippen LogP contribution >= 0.6 is 0 Å². The molecule has 142 valence electrons. The third-order valence-electron chi connectivity index (χ3n) is 4.99. The molecular weight excluding hydrogens is 350 g/mol. The fourth-order valence-corrected chi connectivity index (χ4v) is 3.65. The largest absolute Gasteiger partial charge is 0.369 e. The van der Waals surface area contributed by atoms with E-state index >= 15 is 0 Å². The van der Waals surface area contributed by atoms with Gasteiger partial charge in [-0.1, -0.05) is 5.16 Å². The highest BCUT2D eigenvalue weighted by Gasteiger charge is 2.45. The van der Waals surface area contributed by atoms with Crippen LogP contribution in [0.3, 0.4) is 0 Å². The Morgan fingerprint density at radius 3 is 2.85 bits per heavy atom. The average molecular weight is 371 g/mol. The molecule has 2 fully saturated rings. The van der Waals surface area contributed by atoms with Gasteiger partial charge in [-0.05, 0) is 25.5 Å². The molecule has 2 aromatic heterocycles. The molecule has 1 unspecified atom stereocenters. The van der Waals surface area contributed by atoms with Crippen molar-refractivity contribution in [3.63, 3.8) is 0 Å². The van der Waals surface area contributed by atoms with Crippen LogP contribution in [0.5, 0.6) is 0 Å². The zero-order valence-corrected chi connectivity index (χ0v) is 15.1. The number of hydrogen-bond acceptors (Lipinski definition) is 7. The van der Waals surface area contributed by atoms with Crippen molar-refractivity contribution in [3.8, 4) is 0 Å². The summed E-state index contributed by atoms with van der Waals surface area (Å²) in [4.78, 5) is 36.9. The molecule has 0 N–H and O–H groups in total. The van der Waals surface area contributed by atoms with Gasteiger partial charge in [-0.2, -0.15) is 4.98 Å². The molecule has 2 aromatic rings. The van der Waals surface area contributed by atoms with Gasteiger partial charge < -0.3 is 19.1 Å². The molecule has 1 atom stereocenters.